The molecule has 0 radical (unpaired) electrons. The van der Waals surface area contributed by atoms with Gasteiger partial charge in [-0.25, -0.2) is 0 Å². The standard InChI is InChI=1S/C24H38O4/c1-14(4-7-21(27)28)17-5-6-18-22-19(9-11-24(17,18)3)23(2)10-8-16(25)12-15(23)13-20(22)26/h14-15,17-20,22,26H,4-13H2,1-3H3,(H,27,28)/p-1/t14-,15-,17-,18+,19+,20+,22+,23+,24-/m1/s1. The van der Waals surface area contributed by atoms with E-state index in [-0.39, 0.29) is 23.4 Å². The molecule has 0 aromatic heterocycles. The summed E-state index contributed by atoms with van der Waals surface area (Å²) < 4.78 is 0. The van der Waals surface area contributed by atoms with Crippen LogP contribution < -0.4 is 5.11 Å². The average molecular weight is 390 g/mol. The molecule has 1 N–H and O–H groups in total. The number of Topliss-reactive ketones (excluding diaryl/α,β-unsaturated/α-hetero) is 1. The zero-order chi connectivity index (χ0) is 20.3. The summed E-state index contributed by atoms with van der Waals surface area (Å²) >= 11 is 0. The van der Waals surface area contributed by atoms with Gasteiger partial charge in [0.2, 0.25) is 0 Å². The molecule has 4 aliphatic carbocycles. The van der Waals surface area contributed by atoms with Crippen LogP contribution in [0.5, 0.6) is 0 Å². The Morgan fingerprint density at radius 1 is 1.18 bits per heavy atom. The van der Waals surface area contributed by atoms with Crippen LogP contribution in [0.3, 0.4) is 0 Å². The summed E-state index contributed by atoms with van der Waals surface area (Å²) in [6.07, 6.45) is 8.41. The number of carboxylic acid groups (broad SMARTS) is 1. The monoisotopic (exact) mass is 389 g/mol. The van der Waals surface area contributed by atoms with Crippen molar-refractivity contribution in [2.24, 2.45) is 46.3 Å². The molecule has 0 bridgehead atoms. The van der Waals surface area contributed by atoms with Gasteiger partial charge in [-0.3, -0.25) is 4.79 Å². The van der Waals surface area contributed by atoms with Crippen molar-refractivity contribution in [1.82, 2.24) is 0 Å². The van der Waals surface area contributed by atoms with Gasteiger partial charge in [0, 0.05) is 18.8 Å². The second kappa shape index (κ2) is 7.11. The summed E-state index contributed by atoms with van der Waals surface area (Å²) in [7, 11) is 0. The predicted octanol–water partition coefficient (Wildman–Crippen LogP) is 3.35. The number of carboxylic acids is 1. The maximum atomic E-state index is 12.1. The number of ketones is 1. The quantitative estimate of drug-likeness (QED) is 0.800. The number of fused-ring (bicyclic) bond motifs is 5. The number of carbonyl (C=O) groups is 2. The van der Waals surface area contributed by atoms with Crippen LogP contribution in [0.1, 0.15) is 85.0 Å². The van der Waals surface area contributed by atoms with Gasteiger partial charge in [0.1, 0.15) is 5.78 Å². The van der Waals surface area contributed by atoms with E-state index in [1.807, 2.05) is 0 Å². The lowest BCUT2D eigenvalue weighted by molar-refractivity contribution is -0.306. The van der Waals surface area contributed by atoms with Crippen LogP contribution in [-0.2, 0) is 9.59 Å². The van der Waals surface area contributed by atoms with Crippen molar-refractivity contribution < 1.29 is 19.8 Å². The molecule has 4 heteroatoms. The number of rotatable bonds is 4. The third kappa shape index (κ3) is 3.05. The Labute approximate surface area is 169 Å². The van der Waals surface area contributed by atoms with Crippen LogP contribution >= 0.6 is 0 Å². The maximum Gasteiger partial charge on any atom is 0.133 e. The van der Waals surface area contributed by atoms with Gasteiger partial charge in [-0.05, 0) is 97.7 Å². The average Bonchev–Trinajstić information content (AvgIpc) is 2.98. The number of aliphatic hydroxyl groups is 1. The number of aliphatic carboxylic acids is 1. The van der Waals surface area contributed by atoms with Crippen LogP contribution in [0.15, 0.2) is 0 Å². The van der Waals surface area contributed by atoms with Crippen molar-refractivity contribution in [1.29, 1.82) is 0 Å². The highest BCUT2D eigenvalue weighted by Crippen LogP contribution is 2.68. The first kappa shape index (κ1) is 20.4. The van der Waals surface area contributed by atoms with Gasteiger partial charge in [-0.1, -0.05) is 20.8 Å². The Morgan fingerprint density at radius 3 is 2.61 bits per heavy atom. The Bertz CT molecular complexity index is 645. The SMILES string of the molecule is C[C@H](CCC(=O)[O-])[C@H]1CC[C@H]2[C@@H]3[C@@H](O)C[C@H]4CC(=O)CC[C@]4(C)[C@H]3CC[C@]12C. The second-order valence-corrected chi connectivity index (χ2v) is 11.2. The fourth-order valence-electron chi connectivity index (χ4n) is 8.53. The summed E-state index contributed by atoms with van der Waals surface area (Å²) in [6.45, 7) is 7.05. The van der Waals surface area contributed by atoms with Crippen LogP contribution in [0, 0.1) is 46.3 Å². The maximum absolute atomic E-state index is 12.1. The minimum Gasteiger partial charge on any atom is -0.550 e. The van der Waals surface area contributed by atoms with Crippen molar-refractivity contribution in [3.05, 3.63) is 0 Å². The van der Waals surface area contributed by atoms with Crippen molar-refractivity contribution in [3.8, 4) is 0 Å². The second-order valence-electron chi connectivity index (χ2n) is 11.2. The number of aliphatic hydroxyl groups excluding tert-OH is 1. The number of carbonyl (C=O) groups excluding carboxylic acids is 2. The molecule has 0 aromatic rings. The molecule has 0 aromatic carbocycles. The van der Waals surface area contributed by atoms with Crippen molar-refractivity contribution in [2.45, 2.75) is 91.1 Å². The predicted molar refractivity (Wildman–Crippen MR) is 105 cm³/mol. The van der Waals surface area contributed by atoms with E-state index in [0.29, 0.717) is 54.1 Å². The van der Waals surface area contributed by atoms with Gasteiger partial charge in [-0.15, -0.1) is 0 Å². The molecule has 0 spiro atoms. The fourth-order valence-corrected chi connectivity index (χ4v) is 8.53. The highest BCUT2D eigenvalue weighted by molar-refractivity contribution is 5.79. The molecule has 0 saturated heterocycles. The molecule has 28 heavy (non-hydrogen) atoms. The van der Waals surface area contributed by atoms with E-state index in [0.717, 1.165) is 38.5 Å². The zero-order valence-electron chi connectivity index (χ0n) is 17.8. The van der Waals surface area contributed by atoms with Gasteiger partial charge >= 0.3 is 0 Å². The number of hydrogen-bond acceptors (Lipinski definition) is 4. The molecule has 4 fully saturated rings. The third-order valence-electron chi connectivity index (χ3n) is 10.1. The van der Waals surface area contributed by atoms with Gasteiger partial charge < -0.3 is 15.0 Å². The highest BCUT2D eigenvalue weighted by atomic mass is 16.4. The first-order valence-corrected chi connectivity index (χ1v) is 11.6. The van der Waals surface area contributed by atoms with E-state index in [9.17, 15) is 19.8 Å². The van der Waals surface area contributed by atoms with E-state index in [1.165, 1.54) is 6.42 Å². The van der Waals surface area contributed by atoms with Crippen LogP contribution in [0.4, 0.5) is 0 Å². The molecular weight excluding hydrogens is 352 g/mol. The molecule has 0 heterocycles. The lowest BCUT2D eigenvalue weighted by Gasteiger charge is -2.62. The van der Waals surface area contributed by atoms with Crippen LogP contribution in [-0.4, -0.2) is 23.0 Å². The molecule has 0 aliphatic heterocycles. The molecule has 0 unspecified atom stereocenters. The molecule has 158 valence electrons. The molecule has 4 nitrogen and oxygen atoms in total. The fraction of sp³-hybridized carbons (Fsp3) is 0.917. The van der Waals surface area contributed by atoms with Gasteiger partial charge in [0.25, 0.3) is 0 Å². The zero-order valence-corrected chi connectivity index (χ0v) is 17.8. The number of hydrogen-bond donors (Lipinski definition) is 1. The summed E-state index contributed by atoms with van der Waals surface area (Å²) in [4.78, 5) is 23.0. The summed E-state index contributed by atoms with van der Waals surface area (Å²) in [5, 5.41) is 22.1. The van der Waals surface area contributed by atoms with Gasteiger partial charge in [-0.2, -0.15) is 0 Å². The van der Waals surface area contributed by atoms with Gasteiger partial charge in [0.05, 0.1) is 6.10 Å². The first-order valence-electron chi connectivity index (χ1n) is 11.6. The van der Waals surface area contributed by atoms with Gasteiger partial charge in [0.15, 0.2) is 0 Å². The molecule has 4 aliphatic rings. The van der Waals surface area contributed by atoms with Crippen molar-refractivity contribution in [3.63, 3.8) is 0 Å². The van der Waals surface area contributed by atoms with Crippen molar-refractivity contribution >= 4 is 11.8 Å². The Kier molecular flexibility index (Phi) is 5.17. The summed E-state index contributed by atoms with van der Waals surface area (Å²) in [5.41, 5.74) is 0.416. The molecule has 4 saturated carbocycles. The first-order chi connectivity index (χ1) is 13.2. The third-order valence-corrected chi connectivity index (χ3v) is 10.1. The minimum atomic E-state index is -0.941. The van der Waals surface area contributed by atoms with Crippen LogP contribution in [0.2, 0.25) is 0 Å². The van der Waals surface area contributed by atoms with E-state index in [1.54, 1.807) is 0 Å². The van der Waals surface area contributed by atoms with Crippen molar-refractivity contribution in [2.75, 3.05) is 0 Å². The lowest BCUT2D eigenvalue weighted by atomic mass is 9.44. The molecule has 9 atom stereocenters. The van der Waals surface area contributed by atoms with E-state index in [4.69, 9.17) is 0 Å². The van der Waals surface area contributed by atoms with E-state index < -0.39 is 5.97 Å². The van der Waals surface area contributed by atoms with Crippen LogP contribution in [0.25, 0.3) is 0 Å². The minimum absolute atomic E-state index is 0.154. The Balaban J connectivity index is 1.56. The summed E-state index contributed by atoms with van der Waals surface area (Å²) in [6, 6.07) is 0. The highest BCUT2D eigenvalue weighted by Gasteiger charge is 2.62. The Morgan fingerprint density at radius 2 is 1.89 bits per heavy atom. The molecule has 0 amide bonds. The van der Waals surface area contributed by atoms with E-state index in [2.05, 4.69) is 20.8 Å². The largest absolute Gasteiger partial charge is 0.550 e. The Hall–Kier alpha value is -0.900. The smallest absolute Gasteiger partial charge is 0.133 e. The van der Waals surface area contributed by atoms with E-state index >= 15 is 0 Å². The summed E-state index contributed by atoms with van der Waals surface area (Å²) in [5.74, 6) is 2.15. The normalized spacial score (nSPS) is 49.1. The molecule has 4 rings (SSSR count). The lowest BCUT2D eigenvalue weighted by Crippen LogP contribution is -2.58. The molecular formula is C24H37O4-. The topological polar surface area (TPSA) is 77.4 Å².